The number of amides is 2. The van der Waals surface area contributed by atoms with E-state index in [1.54, 1.807) is 7.11 Å². The van der Waals surface area contributed by atoms with E-state index in [1.807, 2.05) is 6.92 Å². The highest BCUT2D eigenvalue weighted by molar-refractivity contribution is 5.82. The molecule has 1 fully saturated rings. The molecular weight excluding hydrogens is 274 g/mol. The molecule has 2 atom stereocenters. The molecule has 0 aromatic carbocycles. The van der Waals surface area contributed by atoms with Crippen LogP contribution in [-0.2, 0) is 9.53 Å². The molecule has 0 aromatic rings. The molecule has 7 heteroatoms. The third-order valence-electron chi connectivity index (χ3n) is 3.55. The number of rotatable bonds is 9. The van der Waals surface area contributed by atoms with Crippen LogP contribution in [0.15, 0.2) is 0 Å². The summed E-state index contributed by atoms with van der Waals surface area (Å²) < 4.78 is 4.89. The van der Waals surface area contributed by atoms with Gasteiger partial charge in [-0.25, -0.2) is 9.59 Å². The van der Waals surface area contributed by atoms with Crippen molar-refractivity contribution in [2.45, 2.75) is 44.7 Å². The summed E-state index contributed by atoms with van der Waals surface area (Å²) in [6.07, 6.45) is 3.37. The minimum absolute atomic E-state index is 0.00322. The maximum atomic E-state index is 11.8. The van der Waals surface area contributed by atoms with Crippen molar-refractivity contribution >= 4 is 12.0 Å². The summed E-state index contributed by atoms with van der Waals surface area (Å²) in [7, 11) is 1.57. The number of ether oxygens (including phenoxy) is 1. The van der Waals surface area contributed by atoms with Crippen LogP contribution >= 0.6 is 0 Å². The maximum absolute atomic E-state index is 11.8. The predicted molar refractivity (Wildman–Crippen MR) is 79.3 cm³/mol. The Balaban J connectivity index is 2.29. The fourth-order valence-electron chi connectivity index (χ4n) is 2.51. The third-order valence-corrected chi connectivity index (χ3v) is 3.55. The first-order chi connectivity index (χ1) is 10.0. The van der Waals surface area contributed by atoms with Gasteiger partial charge in [-0.2, -0.15) is 0 Å². The lowest BCUT2D eigenvalue weighted by atomic mass is 10.1. The summed E-state index contributed by atoms with van der Waals surface area (Å²) in [5, 5.41) is 14.4. The summed E-state index contributed by atoms with van der Waals surface area (Å²) >= 11 is 0. The first-order valence-electron chi connectivity index (χ1n) is 7.54. The number of urea groups is 1. The quantitative estimate of drug-likeness (QED) is 0.544. The van der Waals surface area contributed by atoms with Gasteiger partial charge in [-0.1, -0.05) is 0 Å². The van der Waals surface area contributed by atoms with Gasteiger partial charge in [-0.15, -0.1) is 0 Å². The zero-order valence-electron chi connectivity index (χ0n) is 12.9. The first kappa shape index (κ1) is 17.7. The Morgan fingerprint density at radius 3 is 2.52 bits per heavy atom. The lowest BCUT2D eigenvalue weighted by molar-refractivity contribution is -0.139. The Morgan fingerprint density at radius 2 is 1.95 bits per heavy atom. The molecule has 2 unspecified atom stereocenters. The third kappa shape index (κ3) is 7.29. The molecule has 0 bridgehead atoms. The van der Waals surface area contributed by atoms with Crippen molar-refractivity contribution in [1.29, 1.82) is 0 Å². The molecule has 21 heavy (non-hydrogen) atoms. The van der Waals surface area contributed by atoms with E-state index in [0.717, 1.165) is 19.6 Å². The number of methoxy groups -OCH3 is 1. The molecule has 0 saturated carbocycles. The Hall–Kier alpha value is -1.34. The fourth-order valence-corrected chi connectivity index (χ4v) is 2.51. The lowest BCUT2D eigenvalue weighted by Gasteiger charge is -2.22. The Bertz CT molecular complexity index is 332. The summed E-state index contributed by atoms with van der Waals surface area (Å²) in [4.78, 5) is 25.2. The number of nitrogens with zero attached hydrogens (tertiary/aromatic N) is 1. The van der Waals surface area contributed by atoms with E-state index in [4.69, 9.17) is 9.84 Å². The van der Waals surface area contributed by atoms with Crippen molar-refractivity contribution in [2.75, 3.05) is 33.4 Å². The maximum Gasteiger partial charge on any atom is 0.326 e. The number of carbonyl (C=O) groups is 2. The molecule has 1 aliphatic heterocycles. The topological polar surface area (TPSA) is 90.9 Å². The van der Waals surface area contributed by atoms with Crippen LogP contribution in [0, 0.1) is 0 Å². The van der Waals surface area contributed by atoms with Gasteiger partial charge in [0, 0.05) is 26.3 Å². The van der Waals surface area contributed by atoms with Crippen LogP contribution in [0.3, 0.4) is 0 Å². The number of hydrogen-bond acceptors (Lipinski definition) is 4. The van der Waals surface area contributed by atoms with Crippen LogP contribution in [0.25, 0.3) is 0 Å². The molecule has 2 amide bonds. The van der Waals surface area contributed by atoms with Crippen molar-refractivity contribution in [3.05, 3.63) is 0 Å². The second-order valence-electron chi connectivity index (χ2n) is 5.55. The zero-order chi connectivity index (χ0) is 15.7. The van der Waals surface area contributed by atoms with Crippen molar-refractivity contribution in [3.63, 3.8) is 0 Å². The van der Waals surface area contributed by atoms with E-state index in [9.17, 15) is 9.59 Å². The average Bonchev–Trinajstić information content (AvgIpc) is 2.90. The molecule has 1 heterocycles. The molecule has 1 aliphatic rings. The van der Waals surface area contributed by atoms with Crippen LogP contribution in [0.1, 0.15) is 32.6 Å². The minimum atomic E-state index is -1.02. The van der Waals surface area contributed by atoms with E-state index < -0.39 is 18.0 Å². The second kappa shape index (κ2) is 9.57. The number of carbonyl (C=O) groups excluding carboxylic acids is 1. The van der Waals surface area contributed by atoms with Crippen LogP contribution < -0.4 is 10.6 Å². The minimum Gasteiger partial charge on any atom is -0.480 e. The Labute approximate surface area is 126 Å². The van der Waals surface area contributed by atoms with Crippen molar-refractivity contribution < 1.29 is 19.4 Å². The van der Waals surface area contributed by atoms with Gasteiger partial charge < -0.3 is 25.4 Å². The van der Waals surface area contributed by atoms with Gasteiger partial charge in [0.1, 0.15) is 6.04 Å². The molecule has 0 aromatic heterocycles. The number of carboxylic acid groups (broad SMARTS) is 1. The summed E-state index contributed by atoms with van der Waals surface area (Å²) in [5.41, 5.74) is 0. The number of aliphatic carboxylic acids is 1. The van der Waals surface area contributed by atoms with E-state index in [1.165, 1.54) is 12.8 Å². The fraction of sp³-hybridized carbons (Fsp3) is 0.857. The van der Waals surface area contributed by atoms with Gasteiger partial charge in [-0.3, -0.25) is 0 Å². The number of carboxylic acids is 1. The van der Waals surface area contributed by atoms with Crippen LogP contribution in [-0.4, -0.2) is 67.4 Å². The summed E-state index contributed by atoms with van der Waals surface area (Å²) in [6, 6.07) is -1.30. The van der Waals surface area contributed by atoms with Crippen molar-refractivity contribution in [1.82, 2.24) is 15.5 Å². The average molecular weight is 301 g/mol. The van der Waals surface area contributed by atoms with E-state index in [-0.39, 0.29) is 6.04 Å². The molecule has 0 aliphatic carbocycles. The van der Waals surface area contributed by atoms with Gasteiger partial charge in [0.25, 0.3) is 0 Å². The first-order valence-corrected chi connectivity index (χ1v) is 7.54. The SMILES string of the molecule is COCCCC(NC(=O)NC(C)CN1CCCC1)C(=O)O. The van der Waals surface area contributed by atoms with Crippen molar-refractivity contribution in [3.8, 4) is 0 Å². The standard InChI is InChI=1S/C14H27N3O4/c1-11(10-17-7-3-4-8-17)15-14(20)16-12(13(18)19)6-5-9-21-2/h11-12H,3-10H2,1-2H3,(H,18,19)(H2,15,16,20). The van der Waals surface area contributed by atoms with Crippen LogP contribution in [0.5, 0.6) is 0 Å². The molecule has 7 nitrogen and oxygen atoms in total. The highest BCUT2D eigenvalue weighted by Gasteiger charge is 2.21. The number of likely N-dealkylation sites (tertiary alicyclic amines) is 1. The van der Waals surface area contributed by atoms with Crippen LogP contribution in [0.4, 0.5) is 4.79 Å². The molecule has 0 radical (unpaired) electrons. The lowest BCUT2D eigenvalue weighted by Crippen LogP contribution is -2.50. The molecular formula is C14H27N3O4. The molecule has 0 spiro atoms. The summed E-state index contributed by atoms with van der Waals surface area (Å²) in [5.74, 6) is -1.02. The van der Waals surface area contributed by atoms with Crippen molar-refractivity contribution in [2.24, 2.45) is 0 Å². The van der Waals surface area contributed by atoms with E-state index >= 15 is 0 Å². The predicted octanol–water partition coefficient (Wildman–Crippen LogP) is 0.650. The summed E-state index contributed by atoms with van der Waals surface area (Å²) in [6.45, 7) is 5.36. The Morgan fingerprint density at radius 1 is 1.29 bits per heavy atom. The van der Waals surface area contributed by atoms with Gasteiger partial charge in [0.15, 0.2) is 0 Å². The number of nitrogens with one attached hydrogen (secondary N) is 2. The molecule has 1 saturated heterocycles. The normalized spacial score (nSPS) is 18.2. The van der Waals surface area contributed by atoms with Gasteiger partial charge >= 0.3 is 12.0 Å². The monoisotopic (exact) mass is 301 g/mol. The smallest absolute Gasteiger partial charge is 0.326 e. The highest BCUT2D eigenvalue weighted by Crippen LogP contribution is 2.07. The second-order valence-corrected chi connectivity index (χ2v) is 5.55. The van der Waals surface area contributed by atoms with Gasteiger partial charge in [-0.05, 0) is 45.7 Å². The van der Waals surface area contributed by atoms with E-state index in [2.05, 4.69) is 15.5 Å². The number of hydrogen-bond donors (Lipinski definition) is 3. The Kier molecular flexibility index (Phi) is 8.07. The largest absolute Gasteiger partial charge is 0.480 e. The van der Waals surface area contributed by atoms with Crippen LogP contribution in [0.2, 0.25) is 0 Å². The molecule has 122 valence electrons. The highest BCUT2D eigenvalue weighted by atomic mass is 16.5. The molecule has 1 rings (SSSR count). The van der Waals surface area contributed by atoms with Gasteiger partial charge in [0.05, 0.1) is 0 Å². The molecule has 3 N–H and O–H groups in total. The van der Waals surface area contributed by atoms with E-state index in [0.29, 0.717) is 19.4 Å². The zero-order valence-corrected chi connectivity index (χ0v) is 12.9. The van der Waals surface area contributed by atoms with Gasteiger partial charge in [0.2, 0.25) is 0 Å².